The van der Waals surface area contributed by atoms with E-state index in [-0.39, 0.29) is 0 Å². The number of hydrogen-bond acceptors (Lipinski definition) is 1. The second-order valence-electron chi connectivity index (χ2n) is 4.84. The Morgan fingerprint density at radius 1 is 1.18 bits per heavy atom. The van der Waals surface area contributed by atoms with Crippen molar-refractivity contribution < 1.29 is 0 Å². The summed E-state index contributed by atoms with van der Waals surface area (Å²) in [6.07, 6.45) is 6.19. The second kappa shape index (κ2) is 4.71. The van der Waals surface area contributed by atoms with Gasteiger partial charge < -0.3 is 4.98 Å². The van der Waals surface area contributed by atoms with E-state index in [1.807, 2.05) is 12.1 Å². The van der Waals surface area contributed by atoms with Crippen LogP contribution in [0.5, 0.6) is 0 Å². The third kappa shape index (κ3) is 2.33. The smallest absolute Gasteiger partial charge is 0.0472 e. The highest BCUT2D eigenvalue weighted by Gasteiger charge is 2.12. The lowest BCUT2D eigenvalue weighted by molar-refractivity contribution is 0.221. The molecule has 1 aliphatic heterocycles. The van der Waals surface area contributed by atoms with Crippen LogP contribution in [0.1, 0.15) is 24.8 Å². The number of rotatable bonds is 2. The molecule has 1 fully saturated rings. The van der Waals surface area contributed by atoms with Gasteiger partial charge in [-0.15, -0.1) is 0 Å². The maximum Gasteiger partial charge on any atom is 0.0472 e. The number of nitrogens with one attached hydrogen (secondary N) is 1. The largest absolute Gasteiger partial charge is 0.361 e. The fourth-order valence-electron chi connectivity index (χ4n) is 2.65. The van der Waals surface area contributed by atoms with Crippen LogP contribution in [-0.4, -0.2) is 23.0 Å². The first-order valence-electron chi connectivity index (χ1n) is 6.31. The van der Waals surface area contributed by atoms with Crippen LogP contribution < -0.4 is 0 Å². The number of benzene rings is 1. The highest BCUT2D eigenvalue weighted by Crippen LogP contribution is 2.24. The number of piperidine rings is 1. The zero-order chi connectivity index (χ0) is 11.7. The van der Waals surface area contributed by atoms with Crippen LogP contribution in [0.3, 0.4) is 0 Å². The minimum atomic E-state index is 0.795. The molecule has 0 saturated carbocycles. The molecule has 0 spiro atoms. The first-order chi connectivity index (χ1) is 8.33. The Morgan fingerprint density at radius 3 is 2.82 bits per heavy atom. The van der Waals surface area contributed by atoms with Crippen molar-refractivity contribution >= 4 is 22.5 Å². The van der Waals surface area contributed by atoms with Crippen molar-refractivity contribution in [1.82, 2.24) is 9.88 Å². The van der Waals surface area contributed by atoms with Gasteiger partial charge in [-0.05, 0) is 43.6 Å². The van der Waals surface area contributed by atoms with Crippen molar-refractivity contribution in [2.75, 3.05) is 13.1 Å². The van der Waals surface area contributed by atoms with E-state index in [9.17, 15) is 0 Å². The number of halogens is 1. The minimum absolute atomic E-state index is 0.795. The molecule has 1 aliphatic rings. The number of nitrogens with zero attached hydrogens (tertiary/aromatic N) is 1. The molecule has 1 aromatic carbocycles. The van der Waals surface area contributed by atoms with E-state index >= 15 is 0 Å². The van der Waals surface area contributed by atoms with Crippen molar-refractivity contribution in [3.05, 3.63) is 35.0 Å². The predicted molar refractivity (Wildman–Crippen MR) is 72.4 cm³/mol. The van der Waals surface area contributed by atoms with Crippen LogP contribution in [0.2, 0.25) is 5.02 Å². The van der Waals surface area contributed by atoms with Gasteiger partial charge in [-0.1, -0.05) is 24.1 Å². The summed E-state index contributed by atoms with van der Waals surface area (Å²) in [4.78, 5) is 5.85. The molecule has 1 aromatic heterocycles. The standard InChI is InChI=1S/C14H17ClN2/c15-12-4-5-13-11(9-16-14(13)8-12)10-17-6-2-1-3-7-17/h4-5,8-9,16H,1-3,6-7,10H2. The quantitative estimate of drug-likeness (QED) is 0.856. The van der Waals surface area contributed by atoms with E-state index < -0.39 is 0 Å². The molecule has 90 valence electrons. The Kier molecular flexibility index (Phi) is 3.08. The Morgan fingerprint density at radius 2 is 2.00 bits per heavy atom. The highest BCUT2D eigenvalue weighted by molar-refractivity contribution is 6.31. The predicted octanol–water partition coefficient (Wildman–Crippen LogP) is 3.81. The van der Waals surface area contributed by atoms with E-state index in [1.54, 1.807) is 0 Å². The molecular weight excluding hydrogens is 232 g/mol. The summed E-state index contributed by atoms with van der Waals surface area (Å²) in [7, 11) is 0. The van der Waals surface area contributed by atoms with Gasteiger partial charge in [0.15, 0.2) is 0 Å². The van der Waals surface area contributed by atoms with Gasteiger partial charge in [-0.2, -0.15) is 0 Å². The third-order valence-electron chi connectivity index (χ3n) is 3.57. The van der Waals surface area contributed by atoms with Gasteiger partial charge in [0.1, 0.15) is 0 Å². The van der Waals surface area contributed by atoms with Crippen molar-refractivity contribution in [2.45, 2.75) is 25.8 Å². The molecule has 0 amide bonds. The highest BCUT2D eigenvalue weighted by atomic mass is 35.5. The fraction of sp³-hybridized carbons (Fsp3) is 0.429. The average molecular weight is 249 g/mol. The Bertz CT molecular complexity index is 512. The normalized spacial score (nSPS) is 17.7. The zero-order valence-electron chi connectivity index (χ0n) is 9.88. The van der Waals surface area contributed by atoms with E-state index in [1.165, 1.54) is 43.3 Å². The molecule has 3 rings (SSSR count). The molecule has 0 atom stereocenters. The lowest BCUT2D eigenvalue weighted by Crippen LogP contribution is -2.28. The van der Waals surface area contributed by atoms with Gasteiger partial charge in [0.25, 0.3) is 0 Å². The summed E-state index contributed by atoms with van der Waals surface area (Å²) >= 11 is 5.99. The summed E-state index contributed by atoms with van der Waals surface area (Å²) in [5, 5.41) is 2.10. The molecule has 2 heterocycles. The maximum absolute atomic E-state index is 5.99. The van der Waals surface area contributed by atoms with Crippen LogP contribution in [0.25, 0.3) is 10.9 Å². The van der Waals surface area contributed by atoms with Crippen LogP contribution in [-0.2, 0) is 6.54 Å². The first kappa shape index (κ1) is 11.1. The zero-order valence-corrected chi connectivity index (χ0v) is 10.6. The summed E-state index contributed by atoms with van der Waals surface area (Å²) in [5.74, 6) is 0. The molecule has 17 heavy (non-hydrogen) atoms. The van der Waals surface area contributed by atoms with Crippen LogP contribution in [0, 0.1) is 0 Å². The number of likely N-dealkylation sites (tertiary alicyclic amines) is 1. The molecule has 3 heteroatoms. The third-order valence-corrected chi connectivity index (χ3v) is 3.81. The van der Waals surface area contributed by atoms with Crippen molar-refractivity contribution in [1.29, 1.82) is 0 Å². The SMILES string of the molecule is Clc1ccc2c(CN3CCCCC3)c[nH]c2c1. The molecule has 0 aliphatic carbocycles. The van der Waals surface area contributed by atoms with E-state index in [4.69, 9.17) is 11.6 Å². The van der Waals surface area contributed by atoms with Crippen molar-refractivity contribution in [2.24, 2.45) is 0 Å². The van der Waals surface area contributed by atoms with Gasteiger partial charge >= 0.3 is 0 Å². The molecule has 1 saturated heterocycles. The fourth-order valence-corrected chi connectivity index (χ4v) is 2.82. The topological polar surface area (TPSA) is 19.0 Å². The van der Waals surface area contributed by atoms with Crippen molar-refractivity contribution in [3.8, 4) is 0 Å². The second-order valence-corrected chi connectivity index (χ2v) is 5.28. The Hall–Kier alpha value is -0.990. The molecule has 1 N–H and O–H groups in total. The molecule has 0 unspecified atom stereocenters. The summed E-state index contributed by atoms with van der Waals surface area (Å²) in [5.41, 5.74) is 2.53. The van der Waals surface area contributed by atoms with Gasteiger partial charge in [0.05, 0.1) is 0 Å². The van der Waals surface area contributed by atoms with Crippen LogP contribution >= 0.6 is 11.6 Å². The monoisotopic (exact) mass is 248 g/mol. The van der Waals surface area contributed by atoms with E-state index in [0.717, 1.165) is 17.1 Å². The van der Waals surface area contributed by atoms with Gasteiger partial charge in [-0.3, -0.25) is 4.90 Å². The number of H-pyrrole nitrogens is 1. The number of hydrogen-bond donors (Lipinski definition) is 1. The lowest BCUT2D eigenvalue weighted by Gasteiger charge is -2.26. The number of aromatic nitrogens is 1. The minimum Gasteiger partial charge on any atom is -0.361 e. The average Bonchev–Trinajstić information content (AvgIpc) is 2.73. The number of aromatic amines is 1. The van der Waals surface area contributed by atoms with E-state index in [2.05, 4.69) is 22.1 Å². The van der Waals surface area contributed by atoms with Gasteiger partial charge in [-0.25, -0.2) is 0 Å². The number of fused-ring (bicyclic) bond motifs is 1. The molecule has 2 nitrogen and oxygen atoms in total. The van der Waals surface area contributed by atoms with E-state index in [0.29, 0.717) is 0 Å². The maximum atomic E-state index is 5.99. The molecule has 0 radical (unpaired) electrons. The lowest BCUT2D eigenvalue weighted by atomic mass is 10.1. The Labute approximate surface area is 107 Å². The first-order valence-corrected chi connectivity index (χ1v) is 6.68. The summed E-state index contributed by atoms with van der Waals surface area (Å²) in [6, 6.07) is 6.08. The van der Waals surface area contributed by atoms with Crippen molar-refractivity contribution in [3.63, 3.8) is 0 Å². The molecule has 2 aromatic rings. The summed E-state index contributed by atoms with van der Waals surface area (Å²) in [6.45, 7) is 3.53. The molecule has 0 bridgehead atoms. The Balaban J connectivity index is 1.84. The summed E-state index contributed by atoms with van der Waals surface area (Å²) < 4.78 is 0. The van der Waals surface area contributed by atoms with Gasteiger partial charge in [0.2, 0.25) is 0 Å². The van der Waals surface area contributed by atoms with Crippen LogP contribution in [0.15, 0.2) is 24.4 Å². The van der Waals surface area contributed by atoms with Crippen LogP contribution in [0.4, 0.5) is 0 Å². The van der Waals surface area contributed by atoms with Gasteiger partial charge in [0, 0.05) is 28.7 Å². The molecular formula is C14H17ClN2.